The molecule has 1 aromatic carbocycles. The normalized spacial score (nSPS) is 11.6. The van der Waals surface area contributed by atoms with Crippen molar-refractivity contribution in [1.82, 2.24) is 0 Å². The highest BCUT2D eigenvalue weighted by Gasteiger charge is 2.34. The van der Waals surface area contributed by atoms with E-state index in [0.717, 1.165) is 0 Å². The van der Waals surface area contributed by atoms with Crippen molar-refractivity contribution in [2.45, 2.75) is 32.3 Å². The van der Waals surface area contributed by atoms with Gasteiger partial charge in [-0.2, -0.15) is 0 Å². The molecule has 2 nitrogen and oxygen atoms in total. The number of Topliss-reactive ketones (excluding diaryl/α,β-unsaturated/α-hetero) is 1. The fourth-order valence-corrected chi connectivity index (χ4v) is 1.87. The van der Waals surface area contributed by atoms with Crippen molar-refractivity contribution >= 4 is 21.7 Å². The monoisotopic (exact) mass is 288 g/mol. The van der Waals surface area contributed by atoms with Gasteiger partial charge in [0.05, 0.1) is 10.0 Å². The Bertz CT molecular complexity index is 400. The quantitative estimate of drug-likeness (QED) is 0.863. The molecule has 0 heterocycles. The van der Waals surface area contributed by atoms with E-state index in [9.17, 15) is 14.3 Å². The highest BCUT2D eigenvalue weighted by Crippen LogP contribution is 2.25. The van der Waals surface area contributed by atoms with Crippen LogP contribution >= 0.6 is 15.9 Å². The van der Waals surface area contributed by atoms with Crippen LogP contribution in [0.2, 0.25) is 0 Å². The van der Waals surface area contributed by atoms with E-state index >= 15 is 0 Å². The Morgan fingerprint density at radius 3 is 2.50 bits per heavy atom. The third-order valence-corrected chi connectivity index (χ3v) is 3.40. The smallest absolute Gasteiger partial charge is 0.197 e. The Labute approximate surface area is 103 Å². The van der Waals surface area contributed by atoms with Crippen LogP contribution in [0.25, 0.3) is 0 Å². The summed E-state index contributed by atoms with van der Waals surface area (Å²) in [7, 11) is 0. The molecular weight excluding hydrogens is 275 g/mol. The SMILES string of the molecule is CCC(O)(CC)C(=O)c1cccc(Br)c1F. The Morgan fingerprint density at radius 2 is 2.00 bits per heavy atom. The number of halogens is 2. The lowest BCUT2D eigenvalue weighted by atomic mass is 9.88. The minimum Gasteiger partial charge on any atom is -0.382 e. The van der Waals surface area contributed by atoms with E-state index in [4.69, 9.17) is 0 Å². The van der Waals surface area contributed by atoms with Gasteiger partial charge in [0.15, 0.2) is 5.78 Å². The minimum absolute atomic E-state index is 0.0689. The number of carbonyl (C=O) groups excluding carboxylic acids is 1. The van der Waals surface area contributed by atoms with Crippen LogP contribution in [0.15, 0.2) is 22.7 Å². The number of rotatable bonds is 4. The molecule has 0 aliphatic rings. The third-order valence-electron chi connectivity index (χ3n) is 2.79. The van der Waals surface area contributed by atoms with Gasteiger partial charge in [0, 0.05) is 0 Å². The molecule has 0 spiro atoms. The minimum atomic E-state index is -1.47. The molecule has 0 radical (unpaired) electrons. The van der Waals surface area contributed by atoms with Crippen LogP contribution in [0.3, 0.4) is 0 Å². The largest absolute Gasteiger partial charge is 0.382 e. The molecule has 0 unspecified atom stereocenters. The zero-order chi connectivity index (χ0) is 12.3. The summed E-state index contributed by atoms with van der Waals surface area (Å²) >= 11 is 3.02. The van der Waals surface area contributed by atoms with Gasteiger partial charge in [-0.05, 0) is 40.9 Å². The molecule has 1 rings (SSSR count). The Morgan fingerprint density at radius 1 is 1.44 bits per heavy atom. The molecule has 0 bridgehead atoms. The maximum Gasteiger partial charge on any atom is 0.197 e. The second kappa shape index (κ2) is 5.06. The summed E-state index contributed by atoms with van der Waals surface area (Å²) in [6, 6.07) is 4.48. The molecule has 0 atom stereocenters. The van der Waals surface area contributed by atoms with E-state index in [-0.39, 0.29) is 22.9 Å². The fourth-order valence-electron chi connectivity index (χ4n) is 1.50. The number of hydrogen-bond acceptors (Lipinski definition) is 2. The molecule has 16 heavy (non-hydrogen) atoms. The van der Waals surface area contributed by atoms with Gasteiger partial charge in [0.25, 0.3) is 0 Å². The molecule has 0 aromatic heterocycles. The van der Waals surface area contributed by atoms with E-state index in [2.05, 4.69) is 15.9 Å². The molecule has 0 aliphatic carbocycles. The topological polar surface area (TPSA) is 37.3 Å². The van der Waals surface area contributed by atoms with Gasteiger partial charge in [-0.15, -0.1) is 0 Å². The zero-order valence-electron chi connectivity index (χ0n) is 9.26. The summed E-state index contributed by atoms with van der Waals surface area (Å²) in [5.41, 5.74) is -1.54. The standard InChI is InChI=1S/C12H14BrFO2/c1-3-12(16,4-2)11(15)8-6-5-7-9(13)10(8)14/h5-7,16H,3-4H2,1-2H3. The highest BCUT2D eigenvalue weighted by atomic mass is 79.9. The molecule has 0 saturated carbocycles. The van der Waals surface area contributed by atoms with Gasteiger partial charge >= 0.3 is 0 Å². The fraction of sp³-hybridized carbons (Fsp3) is 0.417. The lowest BCUT2D eigenvalue weighted by molar-refractivity contribution is 0.0273. The van der Waals surface area contributed by atoms with E-state index in [1.807, 2.05) is 0 Å². The van der Waals surface area contributed by atoms with Crippen LogP contribution in [0.4, 0.5) is 4.39 Å². The van der Waals surface area contributed by atoms with Crippen LogP contribution in [0.5, 0.6) is 0 Å². The molecule has 1 N–H and O–H groups in total. The van der Waals surface area contributed by atoms with Gasteiger partial charge in [0.1, 0.15) is 11.4 Å². The summed E-state index contributed by atoms with van der Waals surface area (Å²) in [4.78, 5) is 12.0. The first kappa shape index (κ1) is 13.3. The van der Waals surface area contributed by atoms with Crippen LogP contribution in [0.1, 0.15) is 37.0 Å². The molecule has 88 valence electrons. The van der Waals surface area contributed by atoms with E-state index in [0.29, 0.717) is 0 Å². The lowest BCUT2D eigenvalue weighted by Crippen LogP contribution is -2.37. The lowest BCUT2D eigenvalue weighted by Gasteiger charge is -2.23. The highest BCUT2D eigenvalue weighted by molar-refractivity contribution is 9.10. The summed E-state index contributed by atoms with van der Waals surface area (Å²) in [6.07, 6.45) is 0.544. The summed E-state index contributed by atoms with van der Waals surface area (Å²) in [6.45, 7) is 3.41. The van der Waals surface area contributed by atoms with Crippen molar-refractivity contribution in [3.05, 3.63) is 34.1 Å². The second-order valence-corrected chi connectivity index (χ2v) is 4.52. The Balaban J connectivity index is 3.19. The first-order valence-corrected chi connectivity index (χ1v) is 5.96. The Kier molecular flexibility index (Phi) is 4.21. The predicted octanol–water partition coefficient (Wildman–Crippen LogP) is 3.32. The maximum atomic E-state index is 13.7. The van der Waals surface area contributed by atoms with Gasteiger partial charge in [-0.3, -0.25) is 4.79 Å². The van der Waals surface area contributed by atoms with Crippen molar-refractivity contribution in [1.29, 1.82) is 0 Å². The van der Waals surface area contributed by atoms with Crippen LogP contribution in [0, 0.1) is 5.82 Å². The van der Waals surface area contributed by atoms with Crippen LogP contribution < -0.4 is 0 Å². The summed E-state index contributed by atoms with van der Waals surface area (Å²) < 4.78 is 13.9. The van der Waals surface area contributed by atoms with Gasteiger partial charge < -0.3 is 5.11 Å². The van der Waals surface area contributed by atoms with E-state index in [1.165, 1.54) is 12.1 Å². The molecule has 0 fully saturated rings. The van der Waals surface area contributed by atoms with Gasteiger partial charge in [-0.1, -0.05) is 19.9 Å². The average Bonchev–Trinajstić information content (AvgIpc) is 2.31. The van der Waals surface area contributed by atoms with Crippen molar-refractivity contribution in [2.75, 3.05) is 0 Å². The van der Waals surface area contributed by atoms with Crippen LogP contribution in [-0.4, -0.2) is 16.5 Å². The summed E-state index contributed by atoms with van der Waals surface area (Å²) in [5, 5.41) is 10.0. The maximum absolute atomic E-state index is 13.7. The Hall–Kier alpha value is -0.740. The molecule has 0 saturated heterocycles. The van der Waals surface area contributed by atoms with Crippen molar-refractivity contribution in [3.63, 3.8) is 0 Å². The molecule has 4 heteroatoms. The number of carbonyl (C=O) groups is 1. The number of benzene rings is 1. The average molecular weight is 289 g/mol. The van der Waals surface area contributed by atoms with Crippen LogP contribution in [-0.2, 0) is 0 Å². The zero-order valence-corrected chi connectivity index (χ0v) is 10.8. The second-order valence-electron chi connectivity index (χ2n) is 3.67. The van der Waals surface area contributed by atoms with E-state index in [1.54, 1.807) is 19.9 Å². The van der Waals surface area contributed by atoms with Gasteiger partial charge in [0.2, 0.25) is 0 Å². The van der Waals surface area contributed by atoms with Crippen molar-refractivity contribution < 1.29 is 14.3 Å². The molecule has 1 aromatic rings. The number of aliphatic hydroxyl groups is 1. The first-order valence-electron chi connectivity index (χ1n) is 5.17. The van der Waals surface area contributed by atoms with Crippen molar-refractivity contribution in [2.24, 2.45) is 0 Å². The molecule has 0 aliphatic heterocycles. The number of hydrogen-bond donors (Lipinski definition) is 1. The summed E-state index contributed by atoms with van der Waals surface area (Å²) in [5.74, 6) is -1.18. The van der Waals surface area contributed by atoms with Gasteiger partial charge in [-0.25, -0.2) is 4.39 Å². The van der Waals surface area contributed by atoms with E-state index < -0.39 is 17.2 Å². The molecular formula is C12H14BrFO2. The third kappa shape index (κ3) is 2.33. The predicted molar refractivity (Wildman–Crippen MR) is 64.0 cm³/mol. The first-order chi connectivity index (χ1) is 7.46. The van der Waals surface area contributed by atoms with Crippen molar-refractivity contribution in [3.8, 4) is 0 Å². The number of ketones is 1. The molecule has 0 amide bonds.